The Kier molecular flexibility index (Phi) is 5.23. The van der Waals surface area contributed by atoms with Gasteiger partial charge in [0, 0.05) is 51.0 Å². The van der Waals surface area contributed by atoms with Crippen molar-refractivity contribution in [2.24, 2.45) is 0 Å². The Labute approximate surface area is 159 Å². The predicted molar refractivity (Wildman–Crippen MR) is 105 cm³/mol. The van der Waals surface area contributed by atoms with Crippen LogP contribution >= 0.6 is 0 Å². The number of piperazine rings is 1. The lowest BCUT2D eigenvalue weighted by atomic mass is 10.1. The average molecular weight is 368 g/mol. The number of piperidine rings is 1. The number of benzene rings is 1. The van der Waals surface area contributed by atoms with Crippen LogP contribution in [0.25, 0.3) is 0 Å². The average Bonchev–Trinajstić information content (AvgIpc) is 2.74. The third kappa shape index (κ3) is 3.89. The maximum Gasteiger partial charge on any atom is 0.254 e. The summed E-state index contributed by atoms with van der Waals surface area (Å²) in [7, 11) is 0. The molecule has 0 aliphatic carbocycles. The zero-order chi connectivity index (χ0) is 18.6. The summed E-state index contributed by atoms with van der Waals surface area (Å²) < 4.78 is 14.0. The van der Waals surface area contributed by atoms with Crippen molar-refractivity contribution in [3.63, 3.8) is 0 Å². The van der Waals surface area contributed by atoms with Crippen LogP contribution in [0.15, 0.2) is 42.6 Å². The third-order valence-electron chi connectivity index (χ3n) is 5.43. The lowest BCUT2D eigenvalue weighted by Gasteiger charge is -2.36. The Bertz CT molecular complexity index is 798. The first-order valence-corrected chi connectivity index (χ1v) is 9.72. The Morgan fingerprint density at radius 3 is 2.37 bits per heavy atom. The minimum absolute atomic E-state index is 0.0313. The first kappa shape index (κ1) is 17.8. The third-order valence-corrected chi connectivity index (χ3v) is 5.43. The minimum Gasteiger partial charge on any atom is -0.366 e. The zero-order valence-corrected chi connectivity index (χ0v) is 15.5. The van der Waals surface area contributed by atoms with Gasteiger partial charge < -0.3 is 14.7 Å². The Hall–Kier alpha value is -2.63. The molecule has 2 fully saturated rings. The van der Waals surface area contributed by atoms with Gasteiger partial charge in [0.05, 0.1) is 5.69 Å². The Morgan fingerprint density at radius 1 is 0.889 bits per heavy atom. The molecule has 2 saturated heterocycles. The number of anilines is 2. The molecule has 0 bridgehead atoms. The van der Waals surface area contributed by atoms with Crippen LogP contribution in [-0.2, 0) is 0 Å². The molecule has 0 spiro atoms. The van der Waals surface area contributed by atoms with Gasteiger partial charge in [0.25, 0.3) is 5.91 Å². The lowest BCUT2D eigenvalue weighted by molar-refractivity contribution is 0.0746. The molecule has 6 heteroatoms. The SMILES string of the molecule is O=C(c1ccnc(N2CCCCC2)c1)N1CCN(c2ccccc2F)CC1. The van der Waals surface area contributed by atoms with Gasteiger partial charge in [-0.2, -0.15) is 0 Å². The number of hydrogen-bond donors (Lipinski definition) is 0. The van der Waals surface area contributed by atoms with E-state index in [1.54, 1.807) is 24.4 Å². The normalized spacial score (nSPS) is 17.9. The zero-order valence-electron chi connectivity index (χ0n) is 15.5. The van der Waals surface area contributed by atoms with Crippen LogP contribution in [0.2, 0.25) is 0 Å². The quantitative estimate of drug-likeness (QED) is 0.834. The summed E-state index contributed by atoms with van der Waals surface area (Å²) in [6, 6.07) is 10.5. The molecular weight excluding hydrogens is 343 g/mol. The van der Waals surface area contributed by atoms with Crippen molar-refractivity contribution in [2.75, 3.05) is 49.1 Å². The van der Waals surface area contributed by atoms with Gasteiger partial charge in [-0.05, 0) is 43.5 Å². The topological polar surface area (TPSA) is 39.7 Å². The number of carbonyl (C=O) groups is 1. The van der Waals surface area contributed by atoms with E-state index in [9.17, 15) is 9.18 Å². The summed E-state index contributed by atoms with van der Waals surface area (Å²) in [6.45, 7) is 4.47. The van der Waals surface area contributed by atoms with Gasteiger partial charge in [0.2, 0.25) is 0 Å². The van der Waals surface area contributed by atoms with E-state index >= 15 is 0 Å². The van der Waals surface area contributed by atoms with Crippen LogP contribution in [0, 0.1) is 5.82 Å². The van der Waals surface area contributed by atoms with Gasteiger partial charge in [0.1, 0.15) is 11.6 Å². The Balaban J connectivity index is 1.41. The van der Waals surface area contributed by atoms with E-state index in [1.807, 2.05) is 21.9 Å². The molecule has 0 atom stereocenters. The molecule has 5 nitrogen and oxygen atoms in total. The highest BCUT2D eigenvalue weighted by atomic mass is 19.1. The molecule has 2 aromatic rings. The van der Waals surface area contributed by atoms with E-state index in [0.29, 0.717) is 37.4 Å². The van der Waals surface area contributed by atoms with E-state index in [-0.39, 0.29) is 11.7 Å². The van der Waals surface area contributed by atoms with Gasteiger partial charge in [-0.25, -0.2) is 9.37 Å². The second-order valence-electron chi connectivity index (χ2n) is 7.18. The molecule has 4 rings (SSSR count). The molecule has 1 aromatic carbocycles. The maximum absolute atomic E-state index is 14.0. The molecular formula is C21H25FN4O. The highest BCUT2D eigenvalue weighted by molar-refractivity contribution is 5.95. The second-order valence-corrected chi connectivity index (χ2v) is 7.18. The number of carbonyl (C=O) groups excluding carboxylic acids is 1. The van der Waals surface area contributed by atoms with Crippen molar-refractivity contribution in [2.45, 2.75) is 19.3 Å². The first-order valence-electron chi connectivity index (χ1n) is 9.72. The monoisotopic (exact) mass is 368 g/mol. The Morgan fingerprint density at radius 2 is 1.63 bits per heavy atom. The molecule has 27 heavy (non-hydrogen) atoms. The van der Waals surface area contributed by atoms with Crippen LogP contribution in [0.4, 0.5) is 15.9 Å². The van der Waals surface area contributed by atoms with Crippen molar-refractivity contribution in [1.82, 2.24) is 9.88 Å². The van der Waals surface area contributed by atoms with Crippen LogP contribution < -0.4 is 9.80 Å². The highest BCUT2D eigenvalue weighted by Gasteiger charge is 2.24. The molecule has 0 radical (unpaired) electrons. The number of halogens is 1. The minimum atomic E-state index is -0.211. The van der Waals surface area contributed by atoms with Crippen molar-refractivity contribution in [3.8, 4) is 0 Å². The summed E-state index contributed by atoms with van der Waals surface area (Å²) in [4.78, 5) is 23.5. The van der Waals surface area contributed by atoms with Crippen LogP contribution in [0.5, 0.6) is 0 Å². The van der Waals surface area contributed by atoms with Gasteiger partial charge in [-0.1, -0.05) is 12.1 Å². The van der Waals surface area contributed by atoms with Crippen molar-refractivity contribution >= 4 is 17.4 Å². The van der Waals surface area contributed by atoms with Gasteiger partial charge in [-0.3, -0.25) is 4.79 Å². The van der Waals surface area contributed by atoms with Crippen molar-refractivity contribution in [3.05, 3.63) is 54.0 Å². The molecule has 1 amide bonds. The molecule has 2 aliphatic heterocycles. The molecule has 0 N–H and O–H groups in total. The molecule has 2 aliphatic rings. The second kappa shape index (κ2) is 7.94. The summed E-state index contributed by atoms with van der Waals surface area (Å²) in [5.74, 6) is 0.715. The van der Waals surface area contributed by atoms with Crippen LogP contribution in [0.3, 0.4) is 0 Å². The lowest BCUT2D eigenvalue weighted by Crippen LogP contribution is -2.49. The fraction of sp³-hybridized carbons (Fsp3) is 0.429. The number of pyridine rings is 1. The molecule has 1 aromatic heterocycles. The van der Waals surface area contributed by atoms with E-state index in [4.69, 9.17) is 0 Å². The maximum atomic E-state index is 14.0. The fourth-order valence-electron chi connectivity index (χ4n) is 3.89. The smallest absolute Gasteiger partial charge is 0.254 e. The van der Waals surface area contributed by atoms with Gasteiger partial charge in [0.15, 0.2) is 0 Å². The van der Waals surface area contributed by atoms with Crippen molar-refractivity contribution < 1.29 is 9.18 Å². The first-order chi connectivity index (χ1) is 13.2. The van der Waals surface area contributed by atoms with Crippen LogP contribution in [0.1, 0.15) is 29.6 Å². The predicted octanol–water partition coefficient (Wildman–Crippen LogP) is 3.17. The van der Waals surface area contributed by atoms with E-state index < -0.39 is 0 Å². The number of amides is 1. The number of aromatic nitrogens is 1. The van der Waals surface area contributed by atoms with E-state index in [1.165, 1.54) is 25.3 Å². The number of hydrogen-bond acceptors (Lipinski definition) is 4. The largest absolute Gasteiger partial charge is 0.366 e. The van der Waals surface area contributed by atoms with Gasteiger partial charge in [-0.15, -0.1) is 0 Å². The van der Waals surface area contributed by atoms with Gasteiger partial charge >= 0.3 is 0 Å². The molecule has 3 heterocycles. The summed E-state index contributed by atoms with van der Waals surface area (Å²) in [5.41, 5.74) is 1.30. The molecule has 0 saturated carbocycles. The summed E-state index contributed by atoms with van der Waals surface area (Å²) in [5, 5.41) is 0. The summed E-state index contributed by atoms with van der Waals surface area (Å²) in [6.07, 6.45) is 5.35. The number of nitrogens with zero attached hydrogens (tertiary/aromatic N) is 4. The number of rotatable bonds is 3. The van der Waals surface area contributed by atoms with E-state index in [2.05, 4.69) is 9.88 Å². The molecule has 0 unspecified atom stereocenters. The number of para-hydroxylation sites is 1. The van der Waals surface area contributed by atoms with Crippen molar-refractivity contribution in [1.29, 1.82) is 0 Å². The standard InChI is InChI=1S/C21H25FN4O/c22-18-6-2-3-7-19(18)24-12-14-26(15-13-24)21(27)17-8-9-23-20(16-17)25-10-4-1-5-11-25/h2-3,6-9,16H,1,4-5,10-15H2. The van der Waals surface area contributed by atoms with E-state index in [0.717, 1.165) is 18.9 Å². The fourth-order valence-corrected chi connectivity index (χ4v) is 3.89. The van der Waals surface area contributed by atoms with Crippen LogP contribution in [-0.4, -0.2) is 55.1 Å². The highest BCUT2D eigenvalue weighted by Crippen LogP contribution is 2.22. The summed E-state index contributed by atoms with van der Waals surface area (Å²) >= 11 is 0. The molecule has 142 valence electrons.